The molecule has 2 rings (SSSR count). The van der Waals surface area contributed by atoms with Gasteiger partial charge in [-0.3, -0.25) is 9.59 Å². The van der Waals surface area contributed by atoms with Crippen molar-refractivity contribution in [1.82, 2.24) is 4.90 Å². The van der Waals surface area contributed by atoms with Gasteiger partial charge in [-0.05, 0) is 37.0 Å². The maximum absolute atomic E-state index is 12.6. The van der Waals surface area contributed by atoms with Gasteiger partial charge < -0.3 is 20.6 Å². The van der Waals surface area contributed by atoms with E-state index >= 15 is 0 Å². The number of rotatable bonds is 3. The lowest BCUT2D eigenvalue weighted by Crippen LogP contribution is -2.47. The second-order valence-electron chi connectivity index (χ2n) is 8.44. The number of aliphatic carboxylic acids is 1. The third-order valence-electron chi connectivity index (χ3n) is 4.71. The summed E-state index contributed by atoms with van der Waals surface area (Å²) in [6.45, 7) is 10.0. The second-order valence-corrected chi connectivity index (χ2v) is 8.44. The van der Waals surface area contributed by atoms with Crippen molar-refractivity contribution in [3.05, 3.63) is 23.8 Å². The maximum Gasteiger partial charge on any atom is 0.321 e. The van der Waals surface area contributed by atoms with Crippen LogP contribution in [-0.2, 0) is 9.59 Å². The molecule has 2 unspecified atom stereocenters. The summed E-state index contributed by atoms with van der Waals surface area (Å²) in [6, 6.07) is 4.98. The third-order valence-corrected chi connectivity index (χ3v) is 4.71. The van der Waals surface area contributed by atoms with Crippen molar-refractivity contribution in [2.45, 2.75) is 41.0 Å². The van der Waals surface area contributed by atoms with Gasteiger partial charge in [-0.2, -0.15) is 0 Å². The number of nitrogens with one attached hydrogen (secondary N) is 2. The standard InChI is InChI=1S/C20H29N3O4/c1-12-8-14(17(24)25)11-23(10-12)19(27)21-15-7-6-13(2)16(9-15)22-18(26)20(3,4)5/h6-7,9,12,14H,8,10-11H2,1-5H3,(H,21,27)(H,22,26)(H,24,25). The molecule has 1 aliphatic heterocycles. The fourth-order valence-corrected chi connectivity index (χ4v) is 3.04. The van der Waals surface area contributed by atoms with E-state index in [2.05, 4.69) is 10.6 Å². The number of piperidine rings is 1. The predicted octanol–water partition coefficient (Wildman–Crippen LogP) is 3.55. The van der Waals surface area contributed by atoms with E-state index in [-0.39, 0.29) is 24.4 Å². The molecule has 0 spiro atoms. The maximum atomic E-state index is 12.6. The first kappa shape index (κ1) is 20.7. The summed E-state index contributed by atoms with van der Waals surface area (Å²) >= 11 is 0. The Labute approximate surface area is 160 Å². The van der Waals surface area contributed by atoms with Crippen molar-refractivity contribution in [1.29, 1.82) is 0 Å². The number of urea groups is 1. The highest BCUT2D eigenvalue weighted by atomic mass is 16.4. The minimum atomic E-state index is -0.873. The molecule has 7 heteroatoms. The van der Waals surface area contributed by atoms with Gasteiger partial charge in [0.05, 0.1) is 5.92 Å². The van der Waals surface area contributed by atoms with Gasteiger partial charge in [-0.15, -0.1) is 0 Å². The van der Waals surface area contributed by atoms with E-state index in [1.54, 1.807) is 17.0 Å². The summed E-state index contributed by atoms with van der Waals surface area (Å²) < 4.78 is 0. The lowest BCUT2D eigenvalue weighted by atomic mass is 9.91. The van der Waals surface area contributed by atoms with Gasteiger partial charge in [-0.25, -0.2) is 4.79 Å². The van der Waals surface area contributed by atoms with Crippen LogP contribution < -0.4 is 10.6 Å². The fraction of sp³-hybridized carbons (Fsp3) is 0.550. The number of aryl methyl sites for hydroxylation is 1. The average molecular weight is 375 g/mol. The lowest BCUT2D eigenvalue weighted by molar-refractivity contribution is -0.143. The van der Waals surface area contributed by atoms with Gasteiger partial charge in [0.2, 0.25) is 5.91 Å². The first-order chi connectivity index (χ1) is 12.5. The van der Waals surface area contributed by atoms with E-state index in [0.717, 1.165) is 5.56 Å². The van der Waals surface area contributed by atoms with Crippen molar-refractivity contribution < 1.29 is 19.5 Å². The zero-order valence-corrected chi connectivity index (χ0v) is 16.6. The number of anilines is 2. The van der Waals surface area contributed by atoms with Crippen LogP contribution in [0.25, 0.3) is 0 Å². The van der Waals surface area contributed by atoms with Crippen LogP contribution in [0.15, 0.2) is 18.2 Å². The predicted molar refractivity (Wildman–Crippen MR) is 105 cm³/mol. The summed E-state index contributed by atoms with van der Waals surface area (Å²) in [4.78, 5) is 37.7. The van der Waals surface area contributed by atoms with E-state index in [1.165, 1.54) is 0 Å². The number of nitrogens with zero attached hydrogens (tertiary/aromatic N) is 1. The van der Waals surface area contributed by atoms with E-state index in [4.69, 9.17) is 0 Å². The Hall–Kier alpha value is -2.57. The molecule has 0 aromatic heterocycles. The Morgan fingerprint density at radius 3 is 2.41 bits per heavy atom. The quantitative estimate of drug-likeness (QED) is 0.752. The highest BCUT2D eigenvalue weighted by Gasteiger charge is 2.32. The van der Waals surface area contributed by atoms with Crippen molar-refractivity contribution in [2.75, 3.05) is 23.7 Å². The van der Waals surface area contributed by atoms with Crippen LogP contribution in [0.4, 0.5) is 16.2 Å². The summed E-state index contributed by atoms with van der Waals surface area (Å²) in [6.07, 6.45) is 0.576. The molecule has 0 bridgehead atoms. The Kier molecular flexibility index (Phi) is 6.13. The normalized spacial score (nSPS) is 20.1. The topological polar surface area (TPSA) is 98.7 Å². The zero-order valence-electron chi connectivity index (χ0n) is 16.6. The van der Waals surface area contributed by atoms with Crippen LogP contribution in [0.2, 0.25) is 0 Å². The molecular weight excluding hydrogens is 346 g/mol. The Morgan fingerprint density at radius 2 is 1.81 bits per heavy atom. The first-order valence-electron chi connectivity index (χ1n) is 9.18. The summed E-state index contributed by atoms with van der Waals surface area (Å²) in [5, 5.41) is 15.0. The molecule has 1 aliphatic rings. The molecule has 1 aromatic carbocycles. The molecule has 148 valence electrons. The minimum absolute atomic E-state index is 0.108. The second kappa shape index (κ2) is 7.98. The van der Waals surface area contributed by atoms with Crippen LogP contribution in [0.3, 0.4) is 0 Å². The Balaban J connectivity index is 2.10. The number of hydrogen-bond donors (Lipinski definition) is 3. The van der Waals surface area contributed by atoms with Gasteiger partial charge in [0.25, 0.3) is 0 Å². The van der Waals surface area contributed by atoms with Crippen molar-refractivity contribution >= 4 is 29.3 Å². The molecule has 7 nitrogen and oxygen atoms in total. The van der Waals surface area contributed by atoms with Crippen molar-refractivity contribution in [3.63, 3.8) is 0 Å². The van der Waals surface area contributed by atoms with Gasteiger partial charge in [-0.1, -0.05) is 33.8 Å². The smallest absolute Gasteiger partial charge is 0.321 e. The summed E-state index contributed by atoms with van der Waals surface area (Å²) in [5.74, 6) is -1.39. The Morgan fingerprint density at radius 1 is 1.15 bits per heavy atom. The number of carboxylic acid groups (broad SMARTS) is 1. The largest absolute Gasteiger partial charge is 0.481 e. The molecule has 0 aliphatic carbocycles. The lowest BCUT2D eigenvalue weighted by Gasteiger charge is -2.34. The number of amides is 3. The van der Waals surface area contributed by atoms with E-state index in [1.807, 2.05) is 40.7 Å². The number of hydrogen-bond acceptors (Lipinski definition) is 3. The number of likely N-dealkylation sites (tertiary alicyclic amines) is 1. The average Bonchev–Trinajstić information content (AvgIpc) is 2.56. The van der Waals surface area contributed by atoms with Crippen LogP contribution >= 0.6 is 0 Å². The SMILES string of the molecule is Cc1ccc(NC(=O)N2CC(C)CC(C(=O)O)C2)cc1NC(=O)C(C)(C)C. The minimum Gasteiger partial charge on any atom is -0.481 e. The number of carbonyl (C=O) groups excluding carboxylic acids is 2. The molecular formula is C20H29N3O4. The van der Waals surface area contributed by atoms with E-state index < -0.39 is 17.3 Å². The van der Waals surface area contributed by atoms with Crippen molar-refractivity contribution in [3.8, 4) is 0 Å². The molecule has 1 aromatic rings. The number of carbonyl (C=O) groups is 3. The fourth-order valence-electron chi connectivity index (χ4n) is 3.04. The summed E-state index contributed by atoms with van der Waals surface area (Å²) in [7, 11) is 0. The molecule has 2 atom stereocenters. The number of benzene rings is 1. The van der Waals surface area contributed by atoms with E-state index in [0.29, 0.717) is 24.3 Å². The zero-order chi connectivity index (χ0) is 20.4. The van der Waals surface area contributed by atoms with Crippen LogP contribution in [-0.4, -0.2) is 41.0 Å². The number of carboxylic acids is 1. The van der Waals surface area contributed by atoms with Gasteiger partial charge in [0.1, 0.15) is 0 Å². The molecule has 0 radical (unpaired) electrons. The molecule has 1 saturated heterocycles. The molecule has 1 fully saturated rings. The summed E-state index contributed by atoms with van der Waals surface area (Å²) in [5.41, 5.74) is 1.56. The van der Waals surface area contributed by atoms with Crippen LogP contribution in [0.5, 0.6) is 0 Å². The van der Waals surface area contributed by atoms with E-state index in [9.17, 15) is 19.5 Å². The van der Waals surface area contributed by atoms with Gasteiger partial charge in [0.15, 0.2) is 0 Å². The highest BCUT2D eigenvalue weighted by molar-refractivity contribution is 5.96. The third kappa shape index (κ3) is 5.45. The molecule has 0 saturated carbocycles. The van der Waals surface area contributed by atoms with Gasteiger partial charge in [0, 0.05) is 29.9 Å². The Bertz CT molecular complexity index is 739. The molecule has 27 heavy (non-hydrogen) atoms. The van der Waals surface area contributed by atoms with Crippen molar-refractivity contribution in [2.24, 2.45) is 17.3 Å². The molecule has 3 N–H and O–H groups in total. The first-order valence-corrected chi connectivity index (χ1v) is 9.18. The van der Waals surface area contributed by atoms with Crippen LogP contribution in [0.1, 0.15) is 39.7 Å². The highest BCUT2D eigenvalue weighted by Crippen LogP contribution is 2.25. The molecule has 1 heterocycles. The van der Waals surface area contributed by atoms with Gasteiger partial charge >= 0.3 is 12.0 Å². The monoisotopic (exact) mass is 375 g/mol. The van der Waals surface area contributed by atoms with Crippen LogP contribution in [0, 0.1) is 24.2 Å². The molecule has 3 amide bonds.